The monoisotopic (exact) mass is 685 g/mol. The van der Waals surface area contributed by atoms with Crippen LogP contribution in [-0.4, -0.2) is 17.4 Å². The fraction of sp³-hybridized carbons (Fsp3) is 0.600. The van der Waals surface area contributed by atoms with E-state index < -0.39 is 0 Å². The first-order valence-electron chi connectivity index (χ1n) is 19.8. The Morgan fingerprint density at radius 3 is 0.673 bits per heavy atom. The van der Waals surface area contributed by atoms with Crippen LogP contribution in [0.4, 0.5) is 0 Å². The van der Waals surface area contributed by atoms with E-state index in [9.17, 15) is 15.3 Å². The van der Waals surface area contributed by atoms with Crippen LogP contribution in [0.15, 0.2) is 72.8 Å². The van der Waals surface area contributed by atoms with Gasteiger partial charge in [-0.15, -0.1) is 17.2 Å². The van der Waals surface area contributed by atoms with E-state index in [0.29, 0.717) is 0 Å². The molecular weight excluding hydrogens is 615 g/mol. The molecule has 0 aromatic heterocycles. The molecule has 0 aliphatic heterocycles. The molecule has 270 valence electrons. The van der Waals surface area contributed by atoms with Gasteiger partial charge in [-0.3, -0.25) is 0 Å². The van der Waals surface area contributed by atoms with Gasteiger partial charge in [0.25, 0.3) is 0 Å². The van der Waals surface area contributed by atoms with Crippen molar-refractivity contribution in [1.82, 2.24) is 0 Å². The van der Waals surface area contributed by atoms with Crippen LogP contribution < -0.4 is 15.3 Å². The molecule has 0 N–H and O–H groups in total. The zero-order valence-corrected chi connectivity index (χ0v) is 32.9. The summed E-state index contributed by atoms with van der Waals surface area (Å²) in [5, 5.41) is 32.7. The van der Waals surface area contributed by atoms with Gasteiger partial charge in [-0.25, -0.2) is 0 Å². The summed E-state index contributed by atoms with van der Waals surface area (Å²) < 4.78 is 0. The number of benzene rings is 3. The minimum atomic E-state index is 0. The second-order valence-corrected chi connectivity index (χ2v) is 13.5. The molecule has 0 radical (unpaired) electrons. The van der Waals surface area contributed by atoms with E-state index in [1.165, 1.54) is 152 Å². The van der Waals surface area contributed by atoms with E-state index in [0.717, 1.165) is 19.3 Å². The Kier molecular flexibility index (Phi) is 32.4. The van der Waals surface area contributed by atoms with Crippen molar-refractivity contribution in [3.8, 4) is 17.2 Å². The molecule has 0 fully saturated rings. The molecule has 0 amide bonds. The molecule has 0 atom stereocenters. The van der Waals surface area contributed by atoms with Gasteiger partial charge >= 0.3 is 17.4 Å². The maximum absolute atomic E-state index is 10.9. The normalized spacial score (nSPS) is 10.3. The summed E-state index contributed by atoms with van der Waals surface area (Å²) >= 11 is 0. The summed E-state index contributed by atoms with van der Waals surface area (Å²) in [5.74, 6) is 0.343. The van der Waals surface area contributed by atoms with E-state index in [1.54, 1.807) is 36.4 Å². The quantitative estimate of drug-likeness (QED) is 0.0696. The molecule has 0 aliphatic carbocycles. The molecule has 0 saturated carbocycles. The number of rotatable bonds is 24. The molecule has 0 heterocycles. The maximum Gasteiger partial charge on any atom is 3.00 e. The van der Waals surface area contributed by atoms with Crippen molar-refractivity contribution in [2.75, 3.05) is 0 Å². The van der Waals surface area contributed by atoms with Crippen molar-refractivity contribution in [3.63, 3.8) is 0 Å². The number of hydrogen-bond donors (Lipinski definition) is 0. The van der Waals surface area contributed by atoms with Gasteiger partial charge < -0.3 is 15.3 Å². The third kappa shape index (κ3) is 29.1. The SMILES string of the molecule is CCCCCCCCCc1ccc([O-])cc1.CCCCCCCCCc1ccc([O-])cc1.CCCCCCCCCc1ccc([O-])cc1.[Al+3]. The topological polar surface area (TPSA) is 69.2 Å². The van der Waals surface area contributed by atoms with E-state index in [2.05, 4.69) is 20.8 Å². The van der Waals surface area contributed by atoms with E-state index in [4.69, 9.17) is 0 Å². The van der Waals surface area contributed by atoms with Crippen molar-refractivity contribution in [3.05, 3.63) is 89.5 Å². The minimum Gasteiger partial charge on any atom is -0.872 e. The first-order valence-corrected chi connectivity index (χ1v) is 19.8. The van der Waals surface area contributed by atoms with Gasteiger partial charge in [0, 0.05) is 0 Å². The third-order valence-electron chi connectivity index (χ3n) is 8.98. The van der Waals surface area contributed by atoms with Crippen molar-refractivity contribution >= 4 is 17.4 Å². The largest absolute Gasteiger partial charge is 3.00 e. The van der Waals surface area contributed by atoms with Crippen LogP contribution >= 0.6 is 0 Å². The van der Waals surface area contributed by atoms with Gasteiger partial charge in [-0.05, 0) is 55.2 Å². The fourth-order valence-corrected chi connectivity index (χ4v) is 5.83. The molecule has 3 rings (SSSR count). The molecule has 3 aromatic carbocycles. The molecule has 0 saturated heterocycles. The summed E-state index contributed by atoms with van der Waals surface area (Å²) in [6, 6.07) is 21.7. The first-order chi connectivity index (χ1) is 23.5. The van der Waals surface area contributed by atoms with Crippen molar-refractivity contribution in [1.29, 1.82) is 0 Å². The van der Waals surface area contributed by atoms with Gasteiger partial charge in [-0.2, -0.15) is 0 Å². The molecule has 0 unspecified atom stereocenters. The molecule has 3 aromatic rings. The number of hydrogen-bond acceptors (Lipinski definition) is 3. The van der Waals surface area contributed by atoms with Gasteiger partial charge in [0.1, 0.15) is 0 Å². The van der Waals surface area contributed by atoms with Crippen LogP contribution in [0.5, 0.6) is 17.2 Å². The second kappa shape index (κ2) is 34.1. The van der Waals surface area contributed by atoms with Gasteiger partial charge in [0.05, 0.1) is 0 Å². The molecule has 0 aliphatic rings. The van der Waals surface area contributed by atoms with Gasteiger partial charge in [0.15, 0.2) is 0 Å². The van der Waals surface area contributed by atoms with Crippen molar-refractivity contribution in [2.24, 2.45) is 0 Å². The van der Waals surface area contributed by atoms with E-state index >= 15 is 0 Å². The Bertz CT molecular complexity index is 938. The van der Waals surface area contributed by atoms with Crippen LogP contribution in [-0.2, 0) is 19.3 Å². The standard InChI is InChI=1S/3C15H24O.Al/c3*1-2-3-4-5-6-7-8-9-14-10-12-15(16)13-11-14;/h3*10-13,16H,2-9H2,1H3;/q;;;+3/p-3. The van der Waals surface area contributed by atoms with E-state index in [1.807, 2.05) is 36.4 Å². The Morgan fingerprint density at radius 2 is 0.469 bits per heavy atom. The molecule has 0 spiro atoms. The Balaban J connectivity index is 0.000000698. The summed E-state index contributed by atoms with van der Waals surface area (Å²) in [6.07, 6.45) is 31.6. The van der Waals surface area contributed by atoms with Crippen LogP contribution in [0.1, 0.15) is 172 Å². The Morgan fingerprint density at radius 1 is 0.286 bits per heavy atom. The van der Waals surface area contributed by atoms with E-state index in [-0.39, 0.29) is 34.6 Å². The van der Waals surface area contributed by atoms with Crippen LogP contribution in [0.3, 0.4) is 0 Å². The Labute approximate surface area is 313 Å². The predicted octanol–water partition coefficient (Wildman–Crippen LogP) is 11.8. The van der Waals surface area contributed by atoms with Gasteiger partial charge in [0.2, 0.25) is 0 Å². The second-order valence-electron chi connectivity index (χ2n) is 13.5. The number of aryl methyl sites for hydroxylation is 3. The zero-order chi connectivity index (χ0) is 34.9. The first kappa shape index (κ1) is 46.6. The summed E-state index contributed by atoms with van der Waals surface area (Å²) in [7, 11) is 0. The minimum absolute atomic E-state index is 0. The van der Waals surface area contributed by atoms with Gasteiger partial charge in [-0.1, -0.05) is 209 Å². The molecular formula is C45H69AlO3. The average molecular weight is 685 g/mol. The third-order valence-corrected chi connectivity index (χ3v) is 8.98. The predicted molar refractivity (Wildman–Crippen MR) is 209 cm³/mol. The molecule has 0 bridgehead atoms. The van der Waals surface area contributed by atoms with Crippen LogP contribution in [0, 0.1) is 0 Å². The van der Waals surface area contributed by atoms with Crippen molar-refractivity contribution < 1.29 is 15.3 Å². The molecule has 4 heteroatoms. The van der Waals surface area contributed by atoms with Crippen molar-refractivity contribution in [2.45, 2.75) is 175 Å². The Hall–Kier alpha value is -2.41. The summed E-state index contributed by atoms with van der Waals surface area (Å²) in [5.41, 5.74) is 3.90. The fourth-order valence-electron chi connectivity index (χ4n) is 5.83. The van der Waals surface area contributed by atoms with Crippen LogP contribution in [0.2, 0.25) is 0 Å². The average Bonchev–Trinajstić information content (AvgIpc) is 3.10. The summed E-state index contributed by atoms with van der Waals surface area (Å²) in [6.45, 7) is 6.75. The van der Waals surface area contributed by atoms with Crippen LogP contribution in [0.25, 0.3) is 0 Å². The summed E-state index contributed by atoms with van der Waals surface area (Å²) in [4.78, 5) is 0. The molecule has 3 nitrogen and oxygen atoms in total. The zero-order valence-electron chi connectivity index (χ0n) is 31.7. The number of unbranched alkanes of at least 4 members (excludes halogenated alkanes) is 18. The smallest absolute Gasteiger partial charge is 0.872 e. The molecule has 49 heavy (non-hydrogen) atoms. The maximum atomic E-state index is 10.9.